The molecule has 26 heavy (non-hydrogen) atoms. The molecule has 0 amide bonds. The molecule has 0 atom stereocenters. The quantitative estimate of drug-likeness (QED) is 0.718. The van der Waals surface area contributed by atoms with Gasteiger partial charge in [-0.15, -0.1) is 0 Å². The zero-order chi connectivity index (χ0) is 18.5. The van der Waals surface area contributed by atoms with Gasteiger partial charge in [-0.3, -0.25) is 0 Å². The maximum atomic E-state index is 12.1. The van der Waals surface area contributed by atoms with Crippen molar-refractivity contribution in [2.75, 3.05) is 12.8 Å². The second kappa shape index (κ2) is 7.58. The third-order valence-corrected chi connectivity index (χ3v) is 4.30. The minimum absolute atomic E-state index is 0.132. The van der Waals surface area contributed by atoms with Crippen molar-refractivity contribution < 1.29 is 9.53 Å². The predicted octanol–water partition coefficient (Wildman–Crippen LogP) is 3.50. The maximum Gasteiger partial charge on any atom is 0.357 e. The minimum Gasteiger partial charge on any atom is -0.464 e. The lowest BCUT2D eigenvalue weighted by atomic mass is 10.0. The smallest absolute Gasteiger partial charge is 0.357 e. The third kappa shape index (κ3) is 3.45. The summed E-state index contributed by atoms with van der Waals surface area (Å²) in [6.45, 7) is 0. The van der Waals surface area contributed by atoms with Crippen LogP contribution < -0.4 is 5.73 Å². The van der Waals surface area contributed by atoms with Crippen LogP contribution in [0.3, 0.4) is 0 Å². The molecular formula is C21H19N3O2. The molecule has 3 aromatic rings. The number of ether oxygens (including phenoxy) is 1. The van der Waals surface area contributed by atoms with Crippen molar-refractivity contribution in [2.24, 2.45) is 0 Å². The van der Waals surface area contributed by atoms with Crippen molar-refractivity contribution in [3.8, 4) is 11.8 Å². The van der Waals surface area contributed by atoms with Gasteiger partial charge >= 0.3 is 5.97 Å². The SMILES string of the molecule is COC(=O)c1c(N)c(C#N)cn1-c1ccc(CCc2ccccc2)cc1. The monoisotopic (exact) mass is 345 g/mol. The Balaban J connectivity index is 1.85. The average molecular weight is 345 g/mol. The van der Waals surface area contributed by atoms with Crippen LogP contribution in [0.5, 0.6) is 0 Å². The first-order valence-electron chi connectivity index (χ1n) is 8.26. The summed E-state index contributed by atoms with van der Waals surface area (Å²) < 4.78 is 6.40. The lowest BCUT2D eigenvalue weighted by molar-refractivity contribution is 0.0593. The molecule has 1 aromatic heterocycles. The lowest BCUT2D eigenvalue weighted by Gasteiger charge is -2.09. The summed E-state index contributed by atoms with van der Waals surface area (Å²) in [5, 5.41) is 9.18. The van der Waals surface area contributed by atoms with Crippen LogP contribution in [0.2, 0.25) is 0 Å². The summed E-state index contributed by atoms with van der Waals surface area (Å²) in [6.07, 6.45) is 3.44. The first kappa shape index (κ1) is 17.3. The van der Waals surface area contributed by atoms with Gasteiger partial charge in [0.05, 0.1) is 18.4 Å². The van der Waals surface area contributed by atoms with E-state index in [-0.39, 0.29) is 16.9 Å². The molecule has 0 spiro atoms. The second-order valence-electron chi connectivity index (χ2n) is 5.93. The Kier molecular flexibility index (Phi) is 5.04. The Bertz CT molecular complexity index is 951. The number of nitrogen functional groups attached to an aromatic ring is 1. The van der Waals surface area contributed by atoms with Crippen LogP contribution in [0.1, 0.15) is 27.2 Å². The summed E-state index contributed by atoms with van der Waals surface area (Å²) in [5.41, 5.74) is 9.71. The number of aromatic nitrogens is 1. The van der Waals surface area contributed by atoms with E-state index < -0.39 is 5.97 Å². The molecular weight excluding hydrogens is 326 g/mol. The molecule has 0 saturated carbocycles. The van der Waals surface area contributed by atoms with Gasteiger partial charge in [0.2, 0.25) is 0 Å². The molecule has 5 heteroatoms. The van der Waals surface area contributed by atoms with E-state index in [1.807, 2.05) is 48.5 Å². The summed E-state index contributed by atoms with van der Waals surface area (Å²) in [6, 6.07) is 20.2. The molecule has 0 saturated heterocycles. The number of nitriles is 1. The van der Waals surface area contributed by atoms with Crippen molar-refractivity contribution >= 4 is 11.7 Å². The van der Waals surface area contributed by atoms with Gasteiger partial charge in [0.25, 0.3) is 0 Å². The highest BCUT2D eigenvalue weighted by molar-refractivity contribution is 5.95. The molecule has 2 N–H and O–H groups in total. The first-order chi connectivity index (χ1) is 12.6. The molecule has 0 aliphatic rings. The highest BCUT2D eigenvalue weighted by Gasteiger charge is 2.21. The van der Waals surface area contributed by atoms with Crippen LogP contribution in [0.4, 0.5) is 5.69 Å². The number of benzene rings is 2. The fourth-order valence-corrected chi connectivity index (χ4v) is 2.87. The average Bonchev–Trinajstić information content (AvgIpc) is 3.03. The molecule has 5 nitrogen and oxygen atoms in total. The van der Waals surface area contributed by atoms with Crippen LogP contribution in [0.15, 0.2) is 60.8 Å². The number of methoxy groups -OCH3 is 1. The Hall–Kier alpha value is -3.52. The van der Waals surface area contributed by atoms with E-state index in [9.17, 15) is 10.1 Å². The number of carbonyl (C=O) groups is 1. The van der Waals surface area contributed by atoms with Gasteiger partial charge in [0, 0.05) is 11.9 Å². The number of nitrogens with two attached hydrogens (primary N) is 1. The zero-order valence-electron chi connectivity index (χ0n) is 14.5. The number of hydrogen-bond donors (Lipinski definition) is 1. The second-order valence-corrected chi connectivity index (χ2v) is 5.93. The Labute approximate surface area is 152 Å². The largest absolute Gasteiger partial charge is 0.464 e. The molecule has 0 fully saturated rings. The molecule has 0 aliphatic heterocycles. The van der Waals surface area contributed by atoms with E-state index in [1.165, 1.54) is 18.2 Å². The lowest BCUT2D eigenvalue weighted by Crippen LogP contribution is -2.11. The van der Waals surface area contributed by atoms with Crippen molar-refractivity contribution in [1.82, 2.24) is 4.57 Å². The minimum atomic E-state index is -0.572. The molecule has 1 heterocycles. The van der Waals surface area contributed by atoms with Gasteiger partial charge in [-0.05, 0) is 36.1 Å². The molecule has 2 aromatic carbocycles. The van der Waals surface area contributed by atoms with E-state index in [0.29, 0.717) is 0 Å². The summed E-state index contributed by atoms with van der Waals surface area (Å²) in [5.74, 6) is -0.572. The van der Waals surface area contributed by atoms with E-state index in [2.05, 4.69) is 12.1 Å². The zero-order valence-corrected chi connectivity index (χ0v) is 14.5. The van der Waals surface area contributed by atoms with Crippen LogP contribution >= 0.6 is 0 Å². The molecule has 130 valence electrons. The summed E-state index contributed by atoms with van der Waals surface area (Å²) >= 11 is 0. The van der Waals surface area contributed by atoms with E-state index in [0.717, 1.165) is 18.5 Å². The first-order valence-corrected chi connectivity index (χ1v) is 8.26. The number of rotatable bonds is 5. The van der Waals surface area contributed by atoms with Crippen LogP contribution in [0.25, 0.3) is 5.69 Å². The predicted molar refractivity (Wildman–Crippen MR) is 100 cm³/mol. The van der Waals surface area contributed by atoms with Crippen LogP contribution in [0, 0.1) is 11.3 Å². The van der Waals surface area contributed by atoms with Gasteiger partial charge < -0.3 is 15.0 Å². The van der Waals surface area contributed by atoms with Gasteiger partial charge in [-0.2, -0.15) is 5.26 Å². The van der Waals surface area contributed by atoms with E-state index >= 15 is 0 Å². The molecule has 0 radical (unpaired) electrons. The topological polar surface area (TPSA) is 81.0 Å². The molecule has 0 unspecified atom stereocenters. The van der Waals surface area contributed by atoms with Crippen molar-refractivity contribution in [3.05, 3.63) is 83.2 Å². The van der Waals surface area contributed by atoms with Gasteiger partial charge in [-0.1, -0.05) is 42.5 Å². The van der Waals surface area contributed by atoms with E-state index in [4.69, 9.17) is 10.5 Å². The van der Waals surface area contributed by atoms with Gasteiger partial charge in [-0.25, -0.2) is 4.79 Å². The number of aryl methyl sites for hydroxylation is 2. The standard InChI is InChI=1S/C21H19N3O2/c1-26-21(25)20-19(23)17(13-22)14-24(20)18-11-9-16(10-12-18)8-7-15-5-3-2-4-6-15/h2-6,9-12,14H,7-8,23H2,1H3. The summed E-state index contributed by atoms with van der Waals surface area (Å²) in [7, 11) is 1.29. The number of hydrogen-bond acceptors (Lipinski definition) is 4. The molecule has 0 bridgehead atoms. The Morgan fingerprint density at radius 2 is 1.69 bits per heavy atom. The normalized spacial score (nSPS) is 10.3. The molecule has 0 aliphatic carbocycles. The third-order valence-electron chi connectivity index (χ3n) is 4.30. The summed E-state index contributed by atoms with van der Waals surface area (Å²) in [4.78, 5) is 12.1. The van der Waals surface area contributed by atoms with Gasteiger partial charge in [0.15, 0.2) is 5.69 Å². The fraction of sp³-hybridized carbons (Fsp3) is 0.143. The fourth-order valence-electron chi connectivity index (χ4n) is 2.87. The van der Waals surface area contributed by atoms with Crippen LogP contribution in [-0.4, -0.2) is 17.6 Å². The van der Waals surface area contributed by atoms with Crippen molar-refractivity contribution in [3.63, 3.8) is 0 Å². The number of nitrogens with zero attached hydrogens (tertiary/aromatic N) is 2. The Morgan fingerprint density at radius 1 is 1.08 bits per heavy atom. The Morgan fingerprint density at radius 3 is 2.27 bits per heavy atom. The highest BCUT2D eigenvalue weighted by atomic mass is 16.5. The van der Waals surface area contributed by atoms with Crippen LogP contribution in [-0.2, 0) is 17.6 Å². The number of anilines is 1. The number of carbonyl (C=O) groups excluding carboxylic acids is 1. The molecule has 3 rings (SSSR count). The van der Waals surface area contributed by atoms with Crippen molar-refractivity contribution in [2.45, 2.75) is 12.8 Å². The van der Waals surface area contributed by atoms with Crippen molar-refractivity contribution in [1.29, 1.82) is 5.26 Å². The van der Waals surface area contributed by atoms with E-state index in [1.54, 1.807) is 10.8 Å². The van der Waals surface area contributed by atoms with Gasteiger partial charge in [0.1, 0.15) is 6.07 Å². The number of esters is 1. The maximum absolute atomic E-state index is 12.1. The highest BCUT2D eigenvalue weighted by Crippen LogP contribution is 2.25.